The zero-order valence-corrected chi connectivity index (χ0v) is 14.3. The van der Waals surface area contributed by atoms with Gasteiger partial charge in [-0.2, -0.15) is 0 Å². The van der Waals surface area contributed by atoms with Crippen LogP contribution in [-0.2, 0) is 0 Å². The first-order chi connectivity index (χ1) is 11.8. The van der Waals surface area contributed by atoms with Gasteiger partial charge in [0, 0.05) is 16.5 Å². The number of hydrogen-bond acceptors (Lipinski definition) is 3. The van der Waals surface area contributed by atoms with Gasteiger partial charge in [0.15, 0.2) is 0 Å². The van der Waals surface area contributed by atoms with Crippen LogP contribution in [0, 0.1) is 0 Å². The maximum Gasteiger partial charge on any atom is 0.137 e. The predicted molar refractivity (Wildman–Crippen MR) is 100 cm³/mol. The number of anilines is 1. The van der Waals surface area contributed by atoms with Gasteiger partial charge in [-0.3, -0.25) is 0 Å². The van der Waals surface area contributed by atoms with E-state index < -0.39 is 0 Å². The molecule has 1 saturated carbocycles. The Labute approximate surface area is 147 Å². The van der Waals surface area contributed by atoms with Crippen molar-refractivity contribution in [2.24, 2.45) is 0 Å². The molecule has 1 heterocycles. The number of halogens is 1. The Balaban J connectivity index is 1.71. The summed E-state index contributed by atoms with van der Waals surface area (Å²) in [4.78, 5) is 8.92. The van der Waals surface area contributed by atoms with Crippen LogP contribution in [0.5, 0.6) is 0 Å². The van der Waals surface area contributed by atoms with E-state index in [1.807, 2.05) is 24.3 Å². The highest BCUT2D eigenvalue weighted by molar-refractivity contribution is 6.30. The molecule has 0 bridgehead atoms. The van der Waals surface area contributed by atoms with E-state index >= 15 is 0 Å². The highest BCUT2D eigenvalue weighted by Crippen LogP contribution is 2.29. The van der Waals surface area contributed by atoms with Crippen LogP contribution >= 0.6 is 11.6 Å². The summed E-state index contributed by atoms with van der Waals surface area (Å²) in [5.74, 6) is 0.947. The lowest BCUT2D eigenvalue weighted by atomic mass is 9.95. The normalized spacial score (nSPS) is 15.5. The van der Waals surface area contributed by atoms with E-state index in [2.05, 4.69) is 33.5 Å². The Bertz CT molecular complexity index is 839. The summed E-state index contributed by atoms with van der Waals surface area (Å²) >= 11 is 6.00. The summed E-state index contributed by atoms with van der Waals surface area (Å²) in [6.07, 6.45) is 8.05. The quantitative estimate of drug-likeness (QED) is 0.666. The zero-order valence-electron chi connectivity index (χ0n) is 13.5. The fraction of sp³-hybridized carbons (Fsp3) is 0.300. The SMILES string of the molecule is Clc1ccc(-c2ccc3ncnc(NC4CCCCC4)c3c2)cc1. The maximum absolute atomic E-state index is 6.00. The monoisotopic (exact) mass is 337 g/mol. The van der Waals surface area contributed by atoms with Gasteiger partial charge in [0.1, 0.15) is 12.1 Å². The molecule has 3 nitrogen and oxygen atoms in total. The summed E-state index contributed by atoms with van der Waals surface area (Å²) in [6.45, 7) is 0. The number of aromatic nitrogens is 2. The van der Waals surface area contributed by atoms with Crippen molar-refractivity contribution in [1.82, 2.24) is 9.97 Å². The fourth-order valence-electron chi connectivity index (χ4n) is 3.43. The average molecular weight is 338 g/mol. The third-order valence-corrected chi connectivity index (χ3v) is 5.01. The lowest BCUT2D eigenvalue weighted by Gasteiger charge is -2.23. The predicted octanol–water partition coefficient (Wildman–Crippen LogP) is 5.69. The van der Waals surface area contributed by atoms with Gasteiger partial charge in [-0.1, -0.05) is 49.1 Å². The van der Waals surface area contributed by atoms with Gasteiger partial charge in [0.25, 0.3) is 0 Å². The van der Waals surface area contributed by atoms with Gasteiger partial charge in [0.05, 0.1) is 5.52 Å². The van der Waals surface area contributed by atoms with Gasteiger partial charge < -0.3 is 5.32 Å². The highest BCUT2D eigenvalue weighted by Gasteiger charge is 2.15. The molecule has 4 heteroatoms. The van der Waals surface area contributed by atoms with E-state index in [-0.39, 0.29) is 0 Å². The van der Waals surface area contributed by atoms with Crippen LogP contribution in [0.25, 0.3) is 22.0 Å². The molecule has 1 aromatic heterocycles. The third-order valence-electron chi connectivity index (χ3n) is 4.76. The van der Waals surface area contributed by atoms with Gasteiger partial charge in [-0.25, -0.2) is 9.97 Å². The lowest BCUT2D eigenvalue weighted by molar-refractivity contribution is 0.462. The zero-order chi connectivity index (χ0) is 16.4. The van der Waals surface area contributed by atoms with Crippen molar-refractivity contribution < 1.29 is 0 Å². The minimum Gasteiger partial charge on any atom is -0.367 e. The number of nitrogens with zero attached hydrogens (tertiary/aromatic N) is 2. The van der Waals surface area contributed by atoms with Crippen LogP contribution in [0.1, 0.15) is 32.1 Å². The summed E-state index contributed by atoms with van der Waals surface area (Å²) in [5, 5.41) is 5.47. The number of nitrogens with one attached hydrogen (secondary N) is 1. The minimum atomic E-state index is 0.524. The molecule has 0 saturated heterocycles. The summed E-state index contributed by atoms with van der Waals surface area (Å²) in [6, 6.07) is 14.8. The number of benzene rings is 2. The fourth-order valence-corrected chi connectivity index (χ4v) is 3.56. The first kappa shape index (κ1) is 15.4. The second kappa shape index (κ2) is 6.78. The largest absolute Gasteiger partial charge is 0.367 e. The average Bonchev–Trinajstić information content (AvgIpc) is 2.63. The lowest BCUT2D eigenvalue weighted by Crippen LogP contribution is -2.23. The molecule has 0 unspecified atom stereocenters. The molecule has 122 valence electrons. The van der Waals surface area contributed by atoms with E-state index in [9.17, 15) is 0 Å². The number of fused-ring (bicyclic) bond motifs is 1. The molecule has 0 spiro atoms. The van der Waals surface area contributed by atoms with Gasteiger partial charge in [0.2, 0.25) is 0 Å². The van der Waals surface area contributed by atoms with Crippen LogP contribution in [0.15, 0.2) is 48.8 Å². The molecule has 1 aliphatic carbocycles. The van der Waals surface area contributed by atoms with E-state index in [4.69, 9.17) is 11.6 Å². The molecule has 2 aromatic carbocycles. The molecule has 3 aromatic rings. The molecular weight excluding hydrogens is 318 g/mol. The van der Waals surface area contributed by atoms with Crippen molar-refractivity contribution >= 4 is 28.3 Å². The van der Waals surface area contributed by atoms with Crippen LogP contribution in [-0.4, -0.2) is 16.0 Å². The summed E-state index contributed by atoms with van der Waals surface area (Å²) < 4.78 is 0. The molecule has 0 atom stereocenters. The Morgan fingerprint density at radius 3 is 2.42 bits per heavy atom. The molecule has 0 radical (unpaired) electrons. The Hall–Kier alpha value is -2.13. The van der Waals surface area contributed by atoms with Crippen LogP contribution < -0.4 is 5.32 Å². The summed E-state index contributed by atoms with van der Waals surface area (Å²) in [7, 11) is 0. The Kier molecular flexibility index (Phi) is 4.35. The van der Waals surface area contributed by atoms with E-state index in [1.54, 1.807) is 6.33 Å². The first-order valence-corrected chi connectivity index (χ1v) is 8.95. The number of hydrogen-bond donors (Lipinski definition) is 1. The van der Waals surface area contributed by atoms with Crippen LogP contribution in [0.3, 0.4) is 0 Å². The van der Waals surface area contributed by atoms with Crippen molar-refractivity contribution in [3.63, 3.8) is 0 Å². The van der Waals surface area contributed by atoms with Crippen molar-refractivity contribution in [1.29, 1.82) is 0 Å². The standard InChI is InChI=1S/C20H20ClN3/c21-16-9-6-14(7-10-16)15-8-11-19-18(12-15)20(23-13-22-19)24-17-4-2-1-3-5-17/h6-13,17H,1-5H2,(H,22,23,24). The van der Waals surface area contributed by atoms with Crippen molar-refractivity contribution in [3.05, 3.63) is 53.8 Å². The van der Waals surface area contributed by atoms with Crippen molar-refractivity contribution in [2.45, 2.75) is 38.1 Å². The molecule has 24 heavy (non-hydrogen) atoms. The van der Waals surface area contributed by atoms with Gasteiger partial charge in [-0.15, -0.1) is 0 Å². The molecule has 0 amide bonds. The minimum absolute atomic E-state index is 0.524. The second-order valence-electron chi connectivity index (χ2n) is 6.44. The Morgan fingerprint density at radius 1 is 0.875 bits per heavy atom. The summed E-state index contributed by atoms with van der Waals surface area (Å²) in [5.41, 5.74) is 3.27. The first-order valence-electron chi connectivity index (χ1n) is 8.57. The Morgan fingerprint density at radius 2 is 1.62 bits per heavy atom. The molecule has 4 rings (SSSR count). The molecular formula is C20H20ClN3. The maximum atomic E-state index is 6.00. The third kappa shape index (κ3) is 3.22. The van der Waals surface area contributed by atoms with E-state index in [1.165, 1.54) is 32.1 Å². The molecule has 1 aliphatic rings. The molecule has 1 N–H and O–H groups in total. The van der Waals surface area contributed by atoms with E-state index in [0.717, 1.165) is 32.9 Å². The van der Waals surface area contributed by atoms with E-state index in [0.29, 0.717) is 6.04 Å². The van der Waals surface area contributed by atoms with Gasteiger partial charge in [-0.05, 0) is 48.2 Å². The molecule has 1 fully saturated rings. The smallest absolute Gasteiger partial charge is 0.137 e. The highest BCUT2D eigenvalue weighted by atomic mass is 35.5. The van der Waals surface area contributed by atoms with Crippen molar-refractivity contribution in [2.75, 3.05) is 5.32 Å². The van der Waals surface area contributed by atoms with Crippen LogP contribution in [0.2, 0.25) is 5.02 Å². The number of rotatable bonds is 3. The molecule has 0 aliphatic heterocycles. The van der Waals surface area contributed by atoms with Crippen LogP contribution in [0.4, 0.5) is 5.82 Å². The topological polar surface area (TPSA) is 37.8 Å². The second-order valence-corrected chi connectivity index (χ2v) is 6.88. The van der Waals surface area contributed by atoms with Crippen molar-refractivity contribution in [3.8, 4) is 11.1 Å². The van der Waals surface area contributed by atoms with Gasteiger partial charge >= 0.3 is 0 Å².